The van der Waals surface area contributed by atoms with Crippen LogP contribution in [0.1, 0.15) is 185 Å². The number of fused-ring (bicyclic) bond motifs is 6. The molecule has 0 radical (unpaired) electrons. The minimum atomic E-state index is -0.756. The van der Waals surface area contributed by atoms with Gasteiger partial charge in [-0.2, -0.15) is 0 Å². The zero-order valence-corrected chi connectivity index (χ0v) is 37.6. The van der Waals surface area contributed by atoms with E-state index in [9.17, 15) is 15.5 Å². The SMILES string of the molecule is CC(C)c1ccc2c(c1)CCC1C(C)(CCC(O)COCC(C)(C)COCC(O)CC(OO)C3(C)CCCC4(C)c5ccc(C(C)C)cc5CCC43)CCCC21C. The summed E-state index contributed by atoms with van der Waals surface area (Å²) in [7, 11) is 0. The standard InChI is InChI=1S/C51H80O6/c1-34(2)36-13-17-42-38(27-36)15-19-44-48(7,22-11-23-49(42,44)8)26-21-40(52)30-55-32-47(5,6)33-56-31-41(53)29-46(57-54)51(10)25-12-24-50(9)43-18-14-37(35(3)4)28-39(43)16-20-45(50)51/h13-14,17-18,27-28,34-35,40-41,44-46,52-54H,11-12,15-16,19-26,29-33H2,1-10H3. The average Bonchev–Trinajstić information content (AvgIpc) is 3.15. The summed E-state index contributed by atoms with van der Waals surface area (Å²) in [6.45, 7) is 24.4. The van der Waals surface area contributed by atoms with Crippen molar-refractivity contribution >= 4 is 0 Å². The highest BCUT2D eigenvalue weighted by molar-refractivity contribution is 5.43. The highest BCUT2D eigenvalue weighted by atomic mass is 17.1. The molecule has 0 aromatic heterocycles. The quantitative estimate of drug-likeness (QED) is 0.109. The third-order valence-electron chi connectivity index (χ3n) is 16.3. The van der Waals surface area contributed by atoms with E-state index in [0.29, 0.717) is 49.9 Å². The molecule has 3 N–H and O–H groups in total. The van der Waals surface area contributed by atoms with E-state index in [4.69, 9.17) is 14.4 Å². The second-order valence-corrected chi connectivity index (χ2v) is 21.9. The van der Waals surface area contributed by atoms with Crippen LogP contribution in [0.4, 0.5) is 0 Å². The molecule has 0 amide bonds. The van der Waals surface area contributed by atoms with Crippen LogP contribution in [0.5, 0.6) is 0 Å². The van der Waals surface area contributed by atoms with Gasteiger partial charge < -0.3 is 19.7 Å². The number of aryl methyl sites for hydroxylation is 2. The topological polar surface area (TPSA) is 88.4 Å². The Bertz CT molecular complexity index is 1650. The van der Waals surface area contributed by atoms with Crippen molar-refractivity contribution in [1.82, 2.24) is 0 Å². The Balaban J connectivity index is 0.948. The van der Waals surface area contributed by atoms with E-state index >= 15 is 0 Å². The lowest BCUT2D eigenvalue weighted by molar-refractivity contribution is -0.320. The van der Waals surface area contributed by atoms with Gasteiger partial charge in [-0.05, 0) is 138 Å². The van der Waals surface area contributed by atoms with Gasteiger partial charge >= 0.3 is 0 Å². The van der Waals surface area contributed by atoms with Crippen molar-refractivity contribution in [2.24, 2.45) is 28.1 Å². The van der Waals surface area contributed by atoms with Gasteiger partial charge in [0.1, 0.15) is 6.10 Å². The number of aliphatic hydroxyl groups is 2. The van der Waals surface area contributed by atoms with Gasteiger partial charge in [0.15, 0.2) is 0 Å². The molecule has 6 heteroatoms. The molecule has 2 aromatic carbocycles. The summed E-state index contributed by atoms with van der Waals surface area (Å²) in [6, 6.07) is 14.4. The molecular formula is C51H80O6. The maximum Gasteiger partial charge on any atom is 0.101 e. The van der Waals surface area contributed by atoms with E-state index < -0.39 is 18.3 Å². The molecule has 0 aliphatic heterocycles. The van der Waals surface area contributed by atoms with Crippen molar-refractivity contribution < 1.29 is 29.8 Å². The summed E-state index contributed by atoms with van der Waals surface area (Å²) < 4.78 is 12.2. The van der Waals surface area contributed by atoms with Crippen molar-refractivity contribution in [3.63, 3.8) is 0 Å². The van der Waals surface area contributed by atoms with Crippen LogP contribution in [0.2, 0.25) is 0 Å². The predicted molar refractivity (Wildman–Crippen MR) is 232 cm³/mol. The molecule has 9 unspecified atom stereocenters. The molecule has 9 atom stereocenters. The lowest BCUT2D eigenvalue weighted by Gasteiger charge is -2.57. The van der Waals surface area contributed by atoms with Crippen molar-refractivity contribution in [1.29, 1.82) is 0 Å². The van der Waals surface area contributed by atoms with Crippen LogP contribution in [-0.4, -0.2) is 60.2 Å². The molecule has 2 aromatic rings. The first-order chi connectivity index (χ1) is 26.8. The third kappa shape index (κ3) is 9.27. The highest BCUT2D eigenvalue weighted by Crippen LogP contribution is 2.60. The van der Waals surface area contributed by atoms with E-state index in [1.54, 1.807) is 11.1 Å². The molecule has 0 bridgehead atoms. The van der Waals surface area contributed by atoms with Gasteiger partial charge in [0.25, 0.3) is 0 Å². The number of rotatable bonds is 17. The summed E-state index contributed by atoms with van der Waals surface area (Å²) in [5.74, 6) is 2.04. The second-order valence-electron chi connectivity index (χ2n) is 21.9. The van der Waals surface area contributed by atoms with Crippen molar-refractivity contribution in [2.75, 3.05) is 26.4 Å². The fourth-order valence-electron chi connectivity index (χ4n) is 12.9. The molecule has 4 aliphatic carbocycles. The number of hydrogen-bond acceptors (Lipinski definition) is 6. The van der Waals surface area contributed by atoms with Gasteiger partial charge in [0.05, 0.1) is 38.6 Å². The van der Waals surface area contributed by atoms with Crippen LogP contribution in [0.3, 0.4) is 0 Å². The molecule has 2 fully saturated rings. The highest BCUT2D eigenvalue weighted by Gasteiger charge is 2.56. The van der Waals surface area contributed by atoms with Crippen LogP contribution in [0.15, 0.2) is 36.4 Å². The summed E-state index contributed by atoms with van der Waals surface area (Å²) in [5, 5.41) is 32.7. The van der Waals surface area contributed by atoms with Gasteiger partial charge in [-0.1, -0.05) is 118 Å². The Morgan fingerprint density at radius 2 is 1.21 bits per heavy atom. The van der Waals surface area contributed by atoms with Crippen molar-refractivity contribution in [3.8, 4) is 0 Å². The van der Waals surface area contributed by atoms with Crippen molar-refractivity contribution in [3.05, 3.63) is 69.8 Å². The fraction of sp³-hybridized carbons (Fsp3) is 0.765. The minimum Gasteiger partial charge on any atom is -0.391 e. The van der Waals surface area contributed by atoms with E-state index in [2.05, 4.69) is 106 Å². The summed E-state index contributed by atoms with van der Waals surface area (Å²) >= 11 is 0. The van der Waals surface area contributed by atoms with Crippen LogP contribution in [0, 0.1) is 28.1 Å². The average molecular weight is 789 g/mol. The smallest absolute Gasteiger partial charge is 0.101 e. The van der Waals surface area contributed by atoms with Crippen molar-refractivity contribution in [2.45, 2.75) is 194 Å². The maximum absolute atomic E-state index is 11.2. The Kier molecular flexibility index (Phi) is 13.9. The van der Waals surface area contributed by atoms with Gasteiger partial charge in [0.2, 0.25) is 0 Å². The van der Waals surface area contributed by atoms with E-state index in [-0.39, 0.29) is 33.7 Å². The maximum atomic E-state index is 11.2. The molecule has 6 rings (SSSR count). The fourth-order valence-corrected chi connectivity index (χ4v) is 12.9. The Morgan fingerprint density at radius 3 is 1.75 bits per heavy atom. The predicted octanol–water partition coefficient (Wildman–Crippen LogP) is 11.5. The largest absolute Gasteiger partial charge is 0.391 e. The normalized spacial score (nSPS) is 31.6. The Hall–Kier alpha value is -1.80. The molecular weight excluding hydrogens is 709 g/mol. The third-order valence-corrected chi connectivity index (χ3v) is 16.3. The number of hydrogen-bond donors (Lipinski definition) is 3. The molecule has 6 nitrogen and oxygen atoms in total. The summed E-state index contributed by atoms with van der Waals surface area (Å²) in [4.78, 5) is 5.28. The molecule has 2 saturated carbocycles. The lowest BCUT2D eigenvalue weighted by atomic mass is 9.48. The lowest BCUT2D eigenvalue weighted by Crippen LogP contribution is -2.55. The zero-order chi connectivity index (χ0) is 41.4. The first-order valence-corrected chi connectivity index (χ1v) is 22.9. The Morgan fingerprint density at radius 1 is 0.702 bits per heavy atom. The Labute approximate surface area is 346 Å². The van der Waals surface area contributed by atoms with Gasteiger partial charge in [-0.3, -0.25) is 5.26 Å². The molecule has 320 valence electrons. The minimum absolute atomic E-state index is 0.0154. The second kappa shape index (κ2) is 17.7. The summed E-state index contributed by atoms with van der Waals surface area (Å²) in [6.07, 6.45) is 11.8. The number of aliphatic hydroxyl groups excluding tert-OH is 2. The van der Waals surface area contributed by atoms with Gasteiger partial charge in [-0.25, -0.2) is 4.89 Å². The van der Waals surface area contributed by atoms with Gasteiger partial charge in [-0.15, -0.1) is 0 Å². The first-order valence-electron chi connectivity index (χ1n) is 22.9. The first kappa shape index (κ1) is 44.7. The summed E-state index contributed by atoms with van der Waals surface area (Å²) in [5.41, 5.74) is 8.83. The van der Waals surface area contributed by atoms with Crippen LogP contribution in [-0.2, 0) is 38.0 Å². The van der Waals surface area contributed by atoms with Crippen LogP contribution < -0.4 is 0 Å². The van der Waals surface area contributed by atoms with E-state index in [1.807, 2.05) is 0 Å². The molecule has 0 saturated heterocycles. The number of benzene rings is 2. The molecule has 4 aliphatic rings. The van der Waals surface area contributed by atoms with Crippen LogP contribution >= 0.6 is 0 Å². The van der Waals surface area contributed by atoms with Crippen LogP contribution in [0.25, 0.3) is 0 Å². The van der Waals surface area contributed by atoms with E-state index in [0.717, 1.165) is 51.4 Å². The zero-order valence-electron chi connectivity index (χ0n) is 37.6. The monoisotopic (exact) mass is 789 g/mol. The van der Waals surface area contributed by atoms with E-state index in [1.165, 1.54) is 47.9 Å². The van der Waals surface area contributed by atoms with Gasteiger partial charge in [0, 0.05) is 17.3 Å². The molecule has 57 heavy (non-hydrogen) atoms. The number of ether oxygens (including phenoxy) is 2. The molecule has 0 spiro atoms. The molecule has 0 heterocycles.